The number of aromatic nitrogens is 1. The summed E-state index contributed by atoms with van der Waals surface area (Å²) in [7, 11) is 3.14. The Labute approximate surface area is 166 Å². The summed E-state index contributed by atoms with van der Waals surface area (Å²) < 4.78 is 16.6. The molecule has 0 spiro atoms. The zero-order valence-corrected chi connectivity index (χ0v) is 16.5. The Morgan fingerprint density at radius 1 is 1.21 bits per heavy atom. The molecule has 0 bridgehead atoms. The molecule has 0 saturated carbocycles. The molecule has 146 valence electrons. The number of rotatable bonds is 7. The average Bonchev–Trinajstić information content (AvgIpc) is 3.06. The molecule has 2 N–H and O–H groups in total. The van der Waals surface area contributed by atoms with Crippen molar-refractivity contribution in [3.8, 4) is 11.5 Å². The molecule has 0 fully saturated rings. The van der Waals surface area contributed by atoms with Gasteiger partial charge in [-0.05, 0) is 48.4 Å². The Balaban J connectivity index is 1.83. The molecule has 0 atom stereocenters. The summed E-state index contributed by atoms with van der Waals surface area (Å²) in [6.45, 7) is 1.99. The normalized spacial score (nSPS) is 11.1. The van der Waals surface area contributed by atoms with Crippen LogP contribution in [0.4, 0.5) is 10.5 Å². The van der Waals surface area contributed by atoms with Crippen molar-refractivity contribution in [2.75, 3.05) is 26.3 Å². The van der Waals surface area contributed by atoms with Gasteiger partial charge in [0, 0.05) is 12.8 Å². The number of methoxy groups -OCH3 is 2. The number of aryl methyl sites for hydroxylation is 1. The second kappa shape index (κ2) is 8.73. The lowest BCUT2D eigenvalue weighted by molar-refractivity contribution is 0.0491. The van der Waals surface area contributed by atoms with Crippen LogP contribution in [0.3, 0.4) is 0 Å². The van der Waals surface area contributed by atoms with Gasteiger partial charge in [-0.3, -0.25) is 5.32 Å². The molecule has 2 aromatic carbocycles. The highest BCUT2D eigenvalue weighted by Crippen LogP contribution is 2.31. The van der Waals surface area contributed by atoms with Gasteiger partial charge in [-0.1, -0.05) is 12.1 Å². The Hall–Kier alpha value is -3.10. The first-order valence-corrected chi connectivity index (χ1v) is 9.21. The van der Waals surface area contributed by atoms with E-state index in [9.17, 15) is 4.79 Å². The predicted molar refractivity (Wildman–Crippen MR) is 110 cm³/mol. The van der Waals surface area contributed by atoms with E-state index in [-0.39, 0.29) is 6.79 Å². The van der Waals surface area contributed by atoms with Gasteiger partial charge in [-0.15, -0.1) is 11.3 Å². The van der Waals surface area contributed by atoms with E-state index in [4.69, 9.17) is 19.3 Å². The summed E-state index contributed by atoms with van der Waals surface area (Å²) in [6.07, 6.45) is 2.76. The number of ether oxygens (including phenoxy) is 3. The lowest BCUT2D eigenvalue weighted by atomic mass is 10.2. The van der Waals surface area contributed by atoms with E-state index in [1.807, 2.05) is 43.3 Å². The lowest BCUT2D eigenvalue weighted by Gasteiger charge is -2.10. The number of thiazole rings is 1. The number of hydrogen-bond acceptors (Lipinski definition) is 6. The Kier molecular flexibility index (Phi) is 6.13. The molecule has 0 aliphatic rings. The van der Waals surface area contributed by atoms with Gasteiger partial charge in [0.25, 0.3) is 0 Å². The van der Waals surface area contributed by atoms with Crippen molar-refractivity contribution in [3.63, 3.8) is 0 Å². The van der Waals surface area contributed by atoms with E-state index in [0.29, 0.717) is 17.2 Å². The molecule has 0 aliphatic carbocycles. The van der Waals surface area contributed by atoms with Crippen molar-refractivity contribution in [1.29, 1.82) is 0 Å². The van der Waals surface area contributed by atoms with Gasteiger partial charge in [-0.25, -0.2) is 9.78 Å². The first-order chi connectivity index (χ1) is 13.5. The number of anilines is 1. The van der Waals surface area contributed by atoms with E-state index in [0.717, 1.165) is 26.4 Å². The highest BCUT2D eigenvalue weighted by molar-refractivity contribution is 7.19. The smallest absolute Gasteiger partial charge is 0.409 e. The summed E-state index contributed by atoms with van der Waals surface area (Å²) in [5, 5.41) is 12.2. The highest BCUT2D eigenvalue weighted by Gasteiger charge is 2.09. The molecule has 28 heavy (non-hydrogen) atoms. The van der Waals surface area contributed by atoms with Crippen molar-refractivity contribution in [2.45, 2.75) is 6.92 Å². The SMILES string of the molecule is COCOc1ccc(C=Cc2nc3cc(C)c(NC(=O)O)cc3s2)cc1OC. The van der Waals surface area contributed by atoms with Crippen molar-refractivity contribution < 1.29 is 24.1 Å². The number of carbonyl (C=O) groups is 1. The van der Waals surface area contributed by atoms with Crippen molar-refractivity contribution >= 4 is 45.5 Å². The minimum atomic E-state index is -1.08. The van der Waals surface area contributed by atoms with Crippen LogP contribution in [0, 0.1) is 6.92 Å². The van der Waals surface area contributed by atoms with E-state index in [2.05, 4.69) is 10.3 Å². The van der Waals surface area contributed by atoms with Crippen LogP contribution in [0.25, 0.3) is 22.4 Å². The van der Waals surface area contributed by atoms with Gasteiger partial charge in [-0.2, -0.15) is 0 Å². The molecule has 8 heteroatoms. The molecule has 3 rings (SSSR count). The molecule has 0 radical (unpaired) electrons. The maximum Gasteiger partial charge on any atom is 0.409 e. The third-order valence-corrected chi connectivity index (χ3v) is 4.91. The monoisotopic (exact) mass is 400 g/mol. The van der Waals surface area contributed by atoms with E-state index >= 15 is 0 Å². The summed E-state index contributed by atoms with van der Waals surface area (Å²) in [5.41, 5.74) is 3.16. The molecule has 1 amide bonds. The quantitative estimate of drug-likeness (QED) is 0.551. The Morgan fingerprint density at radius 3 is 2.75 bits per heavy atom. The van der Waals surface area contributed by atoms with Crippen LogP contribution in [0.1, 0.15) is 16.1 Å². The highest BCUT2D eigenvalue weighted by atomic mass is 32.1. The van der Waals surface area contributed by atoms with Gasteiger partial charge >= 0.3 is 6.09 Å². The number of fused-ring (bicyclic) bond motifs is 1. The van der Waals surface area contributed by atoms with Crippen molar-refractivity contribution in [2.24, 2.45) is 0 Å². The minimum Gasteiger partial charge on any atom is -0.493 e. The van der Waals surface area contributed by atoms with Crippen LogP contribution in [0.2, 0.25) is 0 Å². The zero-order valence-electron chi connectivity index (χ0n) is 15.7. The summed E-state index contributed by atoms with van der Waals surface area (Å²) in [5.74, 6) is 1.22. The second-order valence-electron chi connectivity index (χ2n) is 5.91. The largest absolute Gasteiger partial charge is 0.493 e. The van der Waals surface area contributed by atoms with Gasteiger partial charge in [0.15, 0.2) is 18.3 Å². The number of nitrogens with zero attached hydrogens (tertiary/aromatic N) is 1. The first-order valence-electron chi connectivity index (χ1n) is 8.39. The summed E-state index contributed by atoms with van der Waals surface area (Å²) in [6, 6.07) is 9.28. The maximum absolute atomic E-state index is 10.9. The third kappa shape index (κ3) is 4.59. The van der Waals surface area contributed by atoms with Crippen LogP contribution < -0.4 is 14.8 Å². The van der Waals surface area contributed by atoms with E-state index in [1.54, 1.807) is 20.3 Å². The number of carboxylic acid groups (broad SMARTS) is 1. The number of hydrogen-bond donors (Lipinski definition) is 2. The van der Waals surface area contributed by atoms with Crippen LogP contribution in [0.15, 0.2) is 30.3 Å². The van der Waals surface area contributed by atoms with E-state index < -0.39 is 6.09 Å². The molecule has 1 heterocycles. The molecular weight excluding hydrogens is 380 g/mol. The predicted octanol–water partition coefficient (Wildman–Crippen LogP) is 4.86. The molecule has 3 aromatic rings. The fourth-order valence-electron chi connectivity index (χ4n) is 2.61. The zero-order chi connectivity index (χ0) is 20.1. The van der Waals surface area contributed by atoms with Gasteiger partial charge in [0.1, 0.15) is 5.01 Å². The van der Waals surface area contributed by atoms with Crippen LogP contribution in [-0.2, 0) is 4.74 Å². The Bertz CT molecular complexity index is 1030. The molecule has 0 unspecified atom stereocenters. The van der Waals surface area contributed by atoms with Gasteiger partial charge in [0.05, 0.1) is 17.3 Å². The fraction of sp³-hybridized carbons (Fsp3) is 0.200. The summed E-state index contributed by atoms with van der Waals surface area (Å²) in [4.78, 5) is 15.5. The van der Waals surface area contributed by atoms with Crippen LogP contribution >= 0.6 is 11.3 Å². The molecular formula is C20H20N2O5S. The number of benzene rings is 2. The number of amides is 1. The number of nitrogens with one attached hydrogen (secondary N) is 1. The van der Waals surface area contributed by atoms with E-state index in [1.165, 1.54) is 11.3 Å². The fourth-order valence-corrected chi connectivity index (χ4v) is 3.51. The molecule has 0 saturated heterocycles. The molecule has 7 nitrogen and oxygen atoms in total. The topological polar surface area (TPSA) is 89.9 Å². The lowest BCUT2D eigenvalue weighted by Crippen LogP contribution is -2.08. The maximum atomic E-state index is 10.9. The van der Waals surface area contributed by atoms with Crippen molar-refractivity contribution in [1.82, 2.24) is 4.98 Å². The average molecular weight is 400 g/mol. The van der Waals surface area contributed by atoms with Crippen LogP contribution in [-0.4, -0.2) is 37.2 Å². The molecule has 1 aromatic heterocycles. The second-order valence-corrected chi connectivity index (χ2v) is 6.97. The summed E-state index contributed by atoms with van der Waals surface area (Å²) >= 11 is 1.49. The Morgan fingerprint density at radius 2 is 2.04 bits per heavy atom. The molecule has 0 aliphatic heterocycles. The van der Waals surface area contributed by atoms with Gasteiger partial charge < -0.3 is 19.3 Å². The standard InChI is InChI=1S/C20H20N2O5S/c1-12-8-15-18(10-14(12)22-20(23)24)28-19(21-15)7-5-13-4-6-16(27-11-25-2)17(9-13)26-3/h4-10,22H,11H2,1-3H3,(H,23,24). The first kappa shape index (κ1) is 19.7. The minimum absolute atomic E-state index is 0.148. The van der Waals surface area contributed by atoms with Crippen LogP contribution in [0.5, 0.6) is 11.5 Å². The van der Waals surface area contributed by atoms with Gasteiger partial charge in [0.2, 0.25) is 0 Å². The third-order valence-electron chi connectivity index (χ3n) is 3.93. The van der Waals surface area contributed by atoms with Crippen molar-refractivity contribution in [3.05, 3.63) is 46.5 Å².